The number of hydrogen-bond acceptors (Lipinski definition) is 3. The van der Waals surface area contributed by atoms with Crippen molar-refractivity contribution in [3.8, 4) is 0 Å². The number of nitrogens with zero attached hydrogens (tertiary/aromatic N) is 2. The van der Waals surface area contributed by atoms with Gasteiger partial charge in [-0.1, -0.05) is 13.3 Å². The summed E-state index contributed by atoms with van der Waals surface area (Å²) < 4.78 is 5.34. The molecule has 1 aliphatic rings. The van der Waals surface area contributed by atoms with Gasteiger partial charge in [0.2, 0.25) is 0 Å². The first kappa shape index (κ1) is 21.3. The number of guanidine groups is 1. The minimum atomic E-state index is -0.438. The van der Waals surface area contributed by atoms with Crippen LogP contribution >= 0.6 is 24.0 Å². The van der Waals surface area contributed by atoms with Crippen molar-refractivity contribution in [1.82, 2.24) is 15.5 Å². The third-order valence-corrected chi connectivity index (χ3v) is 3.00. The second-order valence-corrected chi connectivity index (χ2v) is 6.34. The third kappa shape index (κ3) is 8.05. The highest BCUT2D eigenvalue weighted by Gasteiger charge is 2.34. The van der Waals surface area contributed by atoms with Crippen LogP contribution in [0.3, 0.4) is 0 Å². The molecule has 0 aliphatic carbocycles. The molecule has 0 unspecified atom stereocenters. The minimum absolute atomic E-state index is 0. The SMILES string of the molecule is CCCCN=C(NCC)NC1CN(C(=O)OC(C)(C)C)C1.I. The van der Waals surface area contributed by atoms with Crippen LogP contribution < -0.4 is 10.6 Å². The van der Waals surface area contributed by atoms with Gasteiger partial charge in [0.05, 0.1) is 6.04 Å². The molecule has 0 bridgehead atoms. The standard InChI is InChI=1S/C15H30N4O2.HI/c1-6-8-9-17-13(16-7-2)18-12-10-19(11-12)14(20)21-15(3,4)5;/h12H,6-11H2,1-5H3,(H2,16,17,18);1H. The molecule has 7 heteroatoms. The van der Waals surface area contributed by atoms with Gasteiger partial charge in [0.1, 0.15) is 5.60 Å². The van der Waals surface area contributed by atoms with Crippen LogP contribution in [-0.4, -0.2) is 54.8 Å². The van der Waals surface area contributed by atoms with Gasteiger partial charge in [-0.2, -0.15) is 0 Å². The molecular weight excluding hydrogens is 395 g/mol. The second kappa shape index (κ2) is 10.1. The van der Waals surface area contributed by atoms with E-state index < -0.39 is 5.60 Å². The highest BCUT2D eigenvalue weighted by atomic mass is 127. The lowest BCUT2D eigenvalue weighted by Gasteiger charge is -2.40. The van der Waals surface area contributed by atoms with E-state index in [-0.39, 0.29) is 36.1 Å². The topological polar surface area (TPSA) is 66.0 Å². The van der Waals surface area contributed by atoms with Crippen molar-refractivity contribution in [1.29, 1.82) is 0 Å². The van der Waals surface area contributed by atoms with Crippen molar-refractivity contribution in [2.45, 2.75) is 59.1 Å². The molecule has 6 nitrogen and oxygen atoms in total. The van der Waals surface area contributed by atoms with Crippen LogP contribution in [0.2, 0.25) is 0 Å². The predicted octanol–water partition coefficient (Wildman–Crippen LogP) is 2.58. The van der Waals surface area contributed by atoms with Crippen LogP contribution in [-0.2, 0) is 4.74 Å². The maximum absolute atomic E-state index is 11.8. The first-order valence-electron chi connectivity index (χ1n) is 7.88. The van der Waals surface area contributed by atoms with Crippen LogP contribution in [0.4, 0.5) is 4.79 Å². The van der Waals surface area contributed by atoms with Crippen molar-refractivity contribution in [3.05, 3.63) is 0 Å². The molecule has 1 amide bonds. The molecule has 1 rings (SSSR count). The van der Waals surface area contributed by atoms with Crippen LogP contribution in [0.25, 0.3) is 0 Å². The van der Waals surface area contributed by atoms with Crippen molar-refractivity contribution in [2.75, 3.05) is 26.2 Å². The number of hydrogen-bond donors (Lipinski definition) is 2. The van der Waals surface area contributed by atoms with Crippen LogP contribution in [0.5, 0.6) is 0 Å². The number of carbonyl (C=O) groups is 1. The Hall–Kier alpha value is -0.730. The summed E-state index contributed by atoms with van der Waals surface area (Å²) in [7, 11) is 0. The molecule has 1 heterocycles. The van der Waals surface area contributed by atoms with Gasteiger partial charge in [0.25, 0.3) is 0 Å². The molecule has 0 radical (unpaired) electrons. The normalized spacial score (nSPS) is 15.7. The Morgan fingerprint density at radius 3 is 2.45 bits per heavy atom. The van der Waals surface area contributed by atoms with Crippen LogP contribution in [0, 0.1) is 0 Å². The number of unbranched alkanes of at least 4 members (excludes halogenated alkanes) is 1. The summed E-state index contributed by atoms with van der Waals surface area (Å²) in [6, 6.07) is 0.247. The monoisotopic (exact) mass is 426 g/mol. The molecule has 1 fully saturated rings. The number of aliphatic imine (C=N–C) groups is 1. The van der Waals surface area contributed by atoms with Gasteiger partial charge in [0.15, 0.2) is 5.96 Å². The largest absolute Gasteiger partial charge is 0.444 e. The average molecular weight is 426 g/mol. The summed E-state index contributed by atoms with van der Waals surface area (Å²) in [5.74, 6) is 0.833. The fourth-order valence-corrected chi connectivity index (χ4v) is 1.91. The third-order valence-electron chi connectivity index (χ3n) is 3.00. The van der Waals surface area contributed by atoms with E-state index in [1.165, 1.54) is 0 Å². The zero-order valence-electron chi connectivity index (χ0n) is 14.4. The number of halogens is 1. The van der Waals surface area contributed by atoms with Gasteiger partial charge in [-0.05, 0) is 34.1 Å². The highest BCUT2D eigenvalue weighted by molar-refractivity contribution is 14.0. The highest BCUT2D eigenvalue weighted by Crippen LogP contribution is 2.15. The summed E-state index contributed by atoms with van der Waals surface area (Å²) in [6.45, 7) is 12.8. The van der Waals surface area contributed by atoms with E-state index in [9.17, 15) is 4.79 Å². The minimum Gasteiger partial charge on any atom is -0.444 e. The molecule has 1 saturated heterocycles. The average Bonchev–Trinajstić information content (AvgIpc) is 2.30. The van der Waals surface area contributed by atoms with E-state index in [0.717, 1.165) is 31.9 Å². The van der Waals surface area contributed by atoms with E-state index in [2.05, 4.69) is 22.5 Å². The Kier molecular flexibility index (Phi) is 9.79. The summed E-state index contributed by atoms with van der Waals surface area (Å²) in [4.78, 5) is 18.1. The molecule has 130 valence electrons. The molecule has 22 heavy (non-hydrogen) atoms. The summed E-state index contributed by atoms with van der Waals surface area (Å²) in [5.41, 5.74) is -0.438. The van der Waals surface area contributed by atoms with Gasteiger partial charge in [-0.3, -0.25) is 4.99 Å². The van der Waals surface area contributed by atoms with E-state index in [0.29, 0.717) is 13.1 Å². The summed E-state index contributed by atoms with van der Waals surface area (Å²) in [6.07, 6.45) is 1.98. The number of nitrogens with one attached hydrogen (secondary N) is 2. The molecule has 2 N–H and O–H groups in total. The number of amides is 1. The van der Waals surface area contributed by atoms with Crippen molar-refractivity contribution in [2.24, 2.45) is 4.99 Å². The second-order valence-electron chi connectivity index (χ2n) is 6.34. The zero-order valence-corrected chi connectivity index (χ0v) is 16.8. The smallest absolute Gasteiger partial charge is 0.410 e. The molecule has 1 aliphatic heterocycles. The summed E-state index contributed by atoms with van der Waals surface area (Å²) >= 11 is 0. The van der Waals surface area contributed by atoms with Gasteiger partial charge < -0.3 is 20.3 Å². The van der Waals surface area contributed by atoms with E-state index >= 15 is 0 Å². The van der Waals surface area contributed by atoms with E-state index in [1.54, 1.807) is 4.90 Å². The number of likely N-dealkylation sites (tertiary alicyclic amines) is 1. The maximum Gasteiger partial charge on any atom is 0.410 e. The predicted molar refractivity (Wildman–Crippen MR) is 101 cm³/mol. The van der Waals surface area contributed by atoms with Gasteiger partial charge in [-0.25, -0.2) is 4.79 Å². The number of rotatable bonds is 5. The van der Waals surface area contributed by atoms with Gasteiger partial charge in [0, 0.05) is 26.2 Å². The van der Waals surface area contributed by atoms with E-state index in [4.69, 9.17) is 4.74 Å². The lowest BCUT2D eigenvalue weighted by Crippen LogP contribution is -2.63. The zero-order chi connectivity index (χ0) is 15.9. The lowest BCUT2D eigenvalue weighted by molar-refractivity contribution is 0.00701. The van der Waals surface area contributed by atoms with Crippen molar-refractivity contribution in [3.63, 3.8) is 0 Å². The Labute approximate surface area is 151 Å². The molecule has 0 aromatic heterocycles. The first-order chi connectivity index (χ1) is 9.85. The first-order valence-corrected chi connectivity index (χ1v) is 7.88. The van der Waals surface area contributed by atoms with Gasteiger partial charge >= 0.3 is 6.09 Å². The lowest BCUT2D eigenvalue weighted by atomic mass is 10.1. The van der Waals surface area contributed by atoms with Gasteiger partial charge in [-0.15, -0.1) is 24.0 Å². The van der Waals surface area contributed by atoms with E-state index in [1.807, 2.05) is 27.7 Å². The Bertz CT molecular complexity index is 363. The van der Waals surface area contributed by atoms with Crippen molar-refractivity contribution < 1.29 is 9.53 Å². The summed E-state index contributed by atoms with van der Waals surface area (Å²) in [5, 5.41) is 6.58. The fourth-order valence-electron chi connectivity index (χ4n) is 1.91. The molecular formula is C15H31IN4O2. The number of ether oxygens (including phenoxy) is 1. The fraction of sp³-hybridized carbons (Fsp3) is 0.867. The Morgan fingerprint density at radius 2 is 1.95 bits per heavy atom. The molecule has 0 atom stereocenters. The number of carbonyl (C=O) groups excluding carboxylic acids is 1. The molecule has 0 spiro atoms. The van der Waals surface area contributed by atoms with Crippen molar-refractivity contribution >= 4 is 36.0 Å². The quantitative estimate of drug-likeness (QED) is 0.307. The molecule has 0 aromatic carbocycles. The van der Waals surface area contributed by atoms with Crippen LogP contribution in [0.1, 0.15) is 47.5 Å². The maximum atomic E-state index is 11.8. The Morgan fingerprint density at radius 1 is 1.32 bits per heavy atom. The Balaban J connectivity index is 0.00000441. The molecule has 0 aromatic rings. The molecule has 0 saturated carbocycles. The van der Waals surface area contributed by atoms with Crippen LogP contribution in [0.15, 0.2) is 4.99 Å².